The minimum Gasteiger partial charge on any atom is -0.364 e. The molecule has 1 atom stereocenters. The van der Waals surface area contributed by atoms with Crippen LogP contribution in [0.15, 0.2) is 42.6 Å². The molecule has 0 saturated heterocycles. The Morgan fingerprint density at radius 3 is 2.16 bits per heavy atom. The van der Waals surface area contributed by atoms with E-state index in [1.54, 1.807) is 24.3 Å². The molecule has 0 aliphatic carbocycles. The van der Waals surface area contributed by atoms with Crippen LogP contribution in [0.3, 0.4) is 0 Å². The van der Waals surface area contributed by atoms with Gasteiger partial charge in [0.1, 0.15) is 11.9 Å². The van der Waals surface area contributed by atoms with Crippen LogP contribution < -0.4 is 5.32 Å². The van der Waals surface area contributed by atoms with E-state index in [9.17, 15) is 0 Å². The van der Waals surface area contributed by atoms with E-state index >= 15 is 0 Å². The molecule has 0 fully saturated rings. The number of anilines is 1. The van der Waals surface area contributed by atoms with Gasteiger partial charge in [0, 0.05) is 12.2 Å². The summed E-state index contributed by atoms with van der Waals surface area (Å²) in [5.41, 5.74) is 2.26. The summed E-state index contributed by atoms with van der Waals surface area (Å²) in [4.78, 5) is 4.16. The fraction of sp³-hybridized carbons (Fsp3) is 0.133. The van der Waals surface area contributed by atoms with Crippen LogP contribution in [0.1, 0.15) is 29.7 Å². The van der Waals surface area contributed by atoms with Crippen molar-refractivity contribution >= 4 is 5.82 Å². The van der Waals surface area contributed by atoms with Gasteiger partial charge in [0.2, 0.25) is 0 Å². The van der Waals surface area contributed by atoms with Crippen LogP contribution in [-0.2, 0) is 0 Å². The van der Waals surface area contributed by atoms with E-state index in [4.69, 9.17) is 10.5 Å². The van der Waals surface area contributed by atoms with E-state index in [0.717, 1.165) is 11.4 Å². The van der Waals surface area contributed by atoms with E-state index in [0.29, 0.717) is 11.1 Å². The van der Waals surface area contributed by atoms with Crippen molar-refractivity contribution in [1.29, 1.82) is 10.5 Å². The second kappa shape index (κ2) is 5.66. The molecule has 0 saturated carbocycles. The molecular weight excluding hydrogens is 236 g/mol. The van der Waals surface area contributed by atoms with Crippen LogP contribution in [0.25, 0.3) is 0 Å². The fourth-order valence-corrected chi connectivity index (χ4v) is 1.70. The van der Waals surface area contributed by atoms with Gasteiger partial charge in [-0.3, -0.25) is 0 Å². The van der Waals surface area contributed by atoms with E-state index in [1.165, 1.54) is 6.20 Å². The Morgan fingerprint density at radius 2 is 1.63 bits per heavy atom. The summed E-state index contributed by atoms with van der Waals surface area (Å²) in [7, 11) is 0. The van der Waals surface area contributed by atoms with Crippen LogP contribution in [0.4, 0.5) is 5.82 Å². The first-order chi connectivity index (χ1) is 9.22. The second-order valence-electron chi connectivity index (χ2n) is 4.14. The number of hydrogen-bond donors (Lipinski definition) is 1. The molecule has 1 heterocycles. The Kier molecular flexibility index (Phi) is 3.75. The topological polar surface area (TPSA) is 72.5 Å². The quantitative estimate of drug-likeness (QED) is 0.906. The van der Waals surface area contributed by atoms with Gasteiger partial charge in [-0.1, -0.05) is 12.1 Å². The smallest absolute Gasteiger partial charge is 0.126 e. The lowest BCUT2D eigenvalue weighted by molar-refractivity contribution is 0.874. The highest BCUT2D eigenvalue weighted by molar-refractivity contribution is 5.42. The lowest BCUT2D eigenvalue weighted by Gasteiger charge is -2.14. The van der Waals surface area contributed by atoms with Crippen LogP contribution in [-0.4, -0.2) is 4.98 Å². The summed E-state index contributed by atoms with van der Waals surface area (Å²) in [6.45, 7) is 2.02. The van der Waals surface area contributed by atoms with E-state index in [1.807, 2.05) is 25.1 Å². The van der Waals surface area contributed by atoms with Gasteiger partial charge in [0.05, 0.1) is 17.2 Å². The maximum absolute atomic E-state index is 8.75. The molecule has 1 N–H and O–H groups in total. The number of rotatable bonds is 3. The van der Waals surface area contributed by atoms with E-state index in [2.05, 4.69) is 16.4 Å². The molecule has 19 heavy (non-hydrogen) atoms. The Morgan fingerprint density at radius 1 is 1.00 bits per heavy atom. The number of aromatic nitrogens is 1. The average molecular weight is 248 g/mol. The van der Waals surface area contributed by atoms with Crippen molar-refractivity contribution in [1.82, 2.24) is 4.98 Å². The predicted molar refractivity (Wildman–Crippen MR) is 72.1 cm³/mol. The lowest BCUT2D eigenvalue weighted by atomic mass is 10.1. The first-order valence-corrected chi connectivity index (χ1v) is 5.85. The van der Waals surface area contributed by atoms with Crippen molar-refractivity contribution in [3.63, 3.8) is 0 Å². The molecular formula is C15H12N4. The molecule has 0 aliphatic rings. The van der Waals surface area contributed by atoms with Crippen molar-refractivity contribution in [3.8, 4) is 12.1 Å². The van der Waals surface area contributed by atoms with E-state index < -0.39 is 0 Å². The number of pyridine rings is 1. The Bertz CT molecular complexity index is 630. The minimum atomic E-state index is 0.0770. The van der Waals surface area contributed by atoms with Crippen molar-refractivity contribution < 1.29 is 0 Å². The molecule has 92 valence electrons. The third kappa shape index (κ3) is 3.08. The third-order valence-corrected chi connectivity index (χ3v) is 2.80. The van der Waals surface area contributed by atoms with Gasteiger partial charge in [-0.25, -0.2) is 4.98 Å². The molecule has 4 nitrogen and oxygen atoms in total. The standard InChI is InChI=1S/C15H12N4/c1-11(14-5-2-12(8-16)3-6-14)19-15-7-4-13(9-17)10-18-15/h2-7,10-11H,1H3,(H,18,19). The predicted octanol–water partition coefficient (Wildman–Crippen LogP) is 3.00. The first-order valence-electron chi connectivity index (χ1n) is 5.85. The first kappa shape index (κ1) is 12.6. The van der Waals surface area contributed by atoms with Crippen LogP contribution in [0.5, 0.6) is 0 Å². The molecule has 0 bridgehead atoms. The van der Waals surface area contributed by atoms with Gasteiger partial charge < -0.3 is 5.32 Å². The highest BCUT2D eigenvalue weighted by Crippen LogP contribution is 2.18. The monoisotopic (exact) mass is 248 g/mol. The summed E-state index contributed by atoms with van der Waals surface area (Å²) < 4.78 is 0. The van der Waals surface area contributed by atoms with Crippen molar-refractivity contribution in [2.75, 3.05) is 5.32 Å². The third-order valence-electron chi connectivity index (χ3n) is 2.80. The van der Waals surface area contributed by atoms with Crippen molar-refractivity contribution in [3.05, 3.63) is 59.3 Å². The highest BCUT2D eigenvalue weighted by Gasteiger charge is 2.06. The second-order valence-corrected chi connectivity index (χ2v) is 4.14. The highest BCUT2D eigenvalue weighted by atomic mass is 15.0. The zero-order chi connectivity index (χ0) is 13.7. The minimum absolute atomic E-state index is 0.0770. The zero-order valence-electron chi connectivity index (χ0n) is 10.5. The Hall–Kier alpha value is -2.85. The molecule has 1 unspecified atom stereocenters. The number of benzene rings is 1. The summed E-state index contributed by atoms with van der Waals surface area (Å²) in [6.07, 6.45) is 1.54. The van der Waals surface area contributed by atoms with Gasteiger partial charge >= 0.3 is 0 Å². The molecule has 0 spiro atoms. The SMILES string of the molecule is CC(Nc1ccc(C#N)cn1)c1ccc(C#N)cc1. The molecule has 4 heteroatoms. The van der Waals surface area contributed by atoms with Gasteiger partial charge in [-0.15, -0.1) is 0 Å². The number of nitrogens with zero attached hydrogens (tertiary/aromatic N) is 3. The van der Waals surface area contributed by atoms with Gasteiger partial charge in [-0.05, 0) is 36.8 Å². The maximum Gasteiger partial charge on any atom is 0.126 e. The average Bonchev–Trinajstić information content (AvgIpc) is 2.48. The molecule has 2 rings (SSSR count). The van der Waals surface area contributed by atoms with Crippen molar-refractivity contribution in [2.45, 2.75) is 13.0 Å². The lowest BCUT2D eigenvalue weighted by Crippen LogP contribution is -2.07. The Labute approximate surface area is 112 Å². The van der Waals surface area contributed by atoms with Gasteiger partial charge in [-0.2, -0.15) is 10.5 Å². The fourth-order valence-electron chi connectivity index (χ4n) is 1.70. The largest absolute Gasteiger partial charge is 0.364 e. The molecule has 2 aromatic rings. The summed E-state index contributed by atoms with van der Waals surface area (Å²) in [5, 5.41) is 20.7. The van der Waals surface area contributed by atoms with Gasteiger partial charge in [0.25, 0.3) is 0 Å². The summed E-state index contributed by atoms with van der Waals surface area (Å²) in [5.74, 6) is 0.718. The summed E-state index contributed by atoms with van der Waals surface area (Å²) >= 11 is 0. The van der Waals surface area contributed by atoms with Gasteiger partial charge in [0.15, 0.2) is 0 Å². The molecule has 0 aliphatic heterocycles. The van der Waals surface area contributed by atoms with Crippen LogP contribution in [0, 0.1) is 22.7 Å². The number of hydrogen-bond acceptors (Lipinski definition) is 4. The summed E-state index contributed by atoms with van der Waals surface area (Å²) in [6, 6.07) is 15.1. The zero-order valence-corrected chi connectivity index (χ0v) is 10.5. The number of nitrogens with one attached hydrogen (secondary N) is 1. The molecule has 1 aromatic carbocycles. The molecule has 1 aromatic heterocycles. The van der Waals surface area contributed by atoms with Crippen LogP contribution >= 0.6 is 0 Å². The van der Waals surface area contributed by atoms with Crippen molar-refractivity contribution in [2.24, 2.45) is 0 Å². The van der Waals surface area contributed by atoms with E-state index in [-0.39, 0.29) is 6.04 Å². The number of nitriles is 2. The molecule has 0 radical (unpaired) electrons. The maximum atomic E-state index is 8.75. The van der Waals surface area contributed by atoms with Crippen LogP contribution in [0.2, 0.25) is 0 Å². The Balaban J connectivity index is 2.09. The molecule has 0 amide bonds. The normalized spacial score (nSPS) is 11.1.